The summed E-state index contributed by atoms with van der Waals surface area (Å²) in [5.41, 5.74) is 2.83. The lowest BCUT2D eigenvalue weighted by Crippen LogP contribution is -2.73. The minimum atomic E-state index is -0.0837. The summed E-state index contributed by atoms with van der Waals surface area (Å²) in [7, 11) is 0. The van der Waals surface area contributed by atoms with Gasteiger partial charge in [0, 0.05) is 69.9 Å². The molecule has 5 heterocycles. The normalized spacial score (nSPS) is 19.8. The zero-order chi connectivity index (χ0) is 21.2. The van der Waals surface area contributed by atoms with Gasteiger partial charge < -0.3 is 19.7 Å². The molecule has 0 atom stereocenters. The fourth-order valence-electron chi connectivity index (χ4n) is 4.99. The predicted octanol–water partition coefficient (Wildman–Crippen LogP) is 1.26. The second-order valence-electron chi connectivity index (χ2n) is 9.01. The smallest absolute Gasteiger partial charge is 0.289 e. The van der Waals surface area contributed by atoms with Gasteiger partial charge in [-0.25, -0.2) is 9.97 Å². The number of nitrogens with zero attached hydrogens (tertiary/aromatic N) is 6. The van der Waals surface area contributed by atoms with Crippen LogP contribution in [0.4, 0.5) is 5.82 Å². The largest absolute Gasteiger partial charge is 0.354 e. The fraction of sp³-hybridized carbons (Fsp3) is 0.409. The topological polar surface area (TPSA) is 98.3 Å². The van der Waals surface area contributed by atoms with Crippen molar-refractivity contribution in [2.75, 3.05) is 44.2 Å². The van der Waals surface area contributed by atoms with Crippen molar-refractivity contribution in [3.63, 3.8) is 0 Å². The molecule has 9 heteroatoms. The molecule has 0 radical (unpaired) electrons. The standard InChI is InChI=1S/C22H23N7O2/c1-14(30)28-10-22(11-28)12-29(13-22)20-18(23-6-7-24-20)15-8-27(9-15)21(31)19-25-16-4-2-3-5-17(16)26-19/h2-7,15H,8-13H2,1H3,(H,25,26). The number of amides is 2. The van der Waals surface area contributed by atoms with Gasteiger partial charge in [0.15, 0.2) is 11.6 Å². The van der Waals surface area contributed by atoms with Crippen LogP contribution < -0.4 is 4.90 Å². The second kappa shape index (κ2) is 6.50. The van der Waals surface area contributed by atoms with Gasteiger partial charge in [-0.1, -0.05) is 12.1 Å². The number of para-hydroxylation sites is 2. The molecule has 2 amide bonds. The van der Waals surface area contributed by atoms with Gasteiger partial charge in [0.25, 0.3) is 5.91 Å². The number of hydrogen-bond donors (Lipinski definition) is 1. The average molecular weight is 417 g/mol. The number of carbonyl (C=O) groups excluding carboxylic acids is 2. The number of hydrogen-bond acceptors (Lipinski definition) is 6. The maximum absolute atomic E-state index is 12.8. The van der Waals surface area contributed by atoms with Crippen LogP contribution in [0.5, 0.6) is 0 Å². The van der Waals surface area contributed by atoms with E-state index in [4.69, 9.17) is 0 Å². The molecule has 3 aliphatic rings. The molecule has 3 fully saturated rings. The Balaban J connectivity index is 1.12. The van der Waals surface area contributed by atoms with Crippen molar-refractivity contribution in [3.05, 3.63) is 48.2 Å². The lowest BCUT2D eigenvalue weighted by molar-refractivity contribution is -0.142. The first kappa shape index (κ1) is 18.3. The van der Waals surface area contributed by atoms with Gasteiger partial charge in [-0.3, -0.25) is 14.6 Å². The molecule has 2 aromatic heterocycles. The van der Waals surface area contributed by atoms with Crippen molar-refractivity contribution >= 4 is 28.7 Å². The highest BCUT2D eigenvalue weighted by molar-refractivity contribution is 5.94. The van der Waals surface area contributed by atoms with Gasteiger partial charge in [0.1, 0.15) is 0 Å². The predicted molar refractivity (Wildman–Crippen MR) is 114 cm³/mol. The van der Waals surface area contributed by atoms with E-state index in [9.17, 15) is 9.59 Å². The number of aromatic amines is 1. The number of fused-ring (bicyclic) bond motifs is 1. The molecule has 158 valence electrons. The van der Waals surface area contributed by atoms with E-state index in [1.54, 1.807) is 24.2 Å². The van der Waals surface area contributed by atoms with Crippen LogP contribution in [0, 0.1) is 5.41 Å². The van der Waals surface area contributed by atoms with Gasteiger partial charge in [0.2, 0.25) is 5.91 Å². The van der Waals surface area contributed by atoms with Crippen LogP contribution >= 0.6 is 0 Å². The highest BCUT2D eigenvalue weighted by atomic mass is 16.2. The SMILES string of the molecule is CC(=O)N1CC2(C1)CN(c1nccnc1C1CN(C(=O)c3nc4ccccc4[nH]3)C1)C2. The molecule has 3 aliphatic heterocycles. The monoisotopic (exact) mass is 417 g/mol. The quantitative estimate of drug-likeness (QED) is 0.689. The van der Waals surface area contributed by atoms with E-state index in [-0.39, 0.29) is 23.1 Å². The van der Waals surface area contributed by atoms with Crippen LogP contribution in [0.25, 0.3) is 11.0 Å². The molecular weight excluding hydrogens is 394 g/mol. The van der Waals surface area contributed by atoms with Crippen molar-refractivity contribution in [2.24, 2.45) is 5.41 Å². The number of likely N-dealkylation sites (tertiary alicyclic amines) is 2. The van der Waals surface area contributed by atoms with Crippen LogP contribution in [0.1, 0.15) is 29.2 Å². The summed E-state index contributed by atoms with van der Waals surface area (Å²) in [6, 6.07) is 7.64. The Morgan fingerprint density at radius 1 is 1.03 bits per heavy atom. The number of benzene rings is 1. The Bertz CT molecular complexity index is 1150. The molecule has 0 unspecified atom stereocenters. The Labute approximate surface area is 179 Å². The van der Waals surface area contributed by atoms with E-state index in [2.05, 4.69) is 24.8 Å². The van der Waals surface area contributed by atoms with Crippen LogP contribution in [-0.2, 0) is 4.79 Å². The molecule has 1 spiro atoms. The first-order chi connectivity index (χ1) is 15.0. The number of H-pyrrole nitrogens is 1. The minimum Gasteiger partial charge on any atom is -0.354 e. The average Bonchev–Trinajstić information content (AvgIpc) is 3.09. The van der Waals surface area contributed by atoms with Crippen molar-refractivity contribution in [2.45, 2.75) is 12.8 Å². The molecular formula is C22H23N7O2. The van der Waals surface area contributed by atoms with Gasteiger partial charge in [-0.05, 0) is 12.1 Å². The Morgan fingerprint density at radius 2 is 1.77 bits per heavy atom. The van der Waals surface area contributed by atoms with Crippen molar-refractivity contribution in [1.82, 2.24) is 29.7 Å². The minimum absolute atomic E-state index is 0.0837. The highest BCUT2D eigenvalue weighted by Gasteiger charge is 2.53. The van der Waals surface area contributed by atoms with Crippen molar-refractivity contribution in [1.29, 1.82) is 0 Å². The highest BCUT2D eigenvalue weighted by Crippen LogP contribution is 2.43. The number of anilines is 1. The van der Waals surface area contributed by atoms with Gasteiger partial charge in [-0.2, -0.15) is 0 Å². The third kappa shape index (κ3) is 2.87. The van der Waals surface area contributed by atoms with Gasteiger partial charge in [0.05, 0.1) is 16.7 Å². The molecule has 1 aromatic carbocycles. The Kier molecular flexibility index (Phi) is 3.84. The summed E-state index contributed by atoms with van der Waals surface area (Å²) < 4.78 is 0. The molecule has 3 aromatic rings. The van der Waals surface area contributed by atoms with Crippen molar-refractivity contribution < 1.29 is 9.59 Å². The third-order valence-electron chi connectivity index (χ3n) is 6.70. The van der Waals surface area contributed by atoms with Gasteiger partial charge >= 0.3 is 0 Å². The van der Waals surface area contributed by atoms with E-state index in [1.165, 1.54) is 0 Å². The summed E-state index contributed by atoms with van der Waals surface area (Å²) in [4.78, 5) is 47.0. The molecule has 9 nitrogen and oxygen atoms in total. The number of carbonyl (C=O) groups is 2. The molecule has 1 N–H and O–H groups in total. The zero-order valence-electron chi connectivity index (χ0n) is 17.3. The summed E-state index contributed by atoms with van der Waals surface area (Å²) in [6.45, 7) is 6.30. The van der Waals surface area contributed by atoms with Crippen LogP contribution in [-0.4, -0.2) is 80.8 Å². The lowest BCUT2D eigenvalue weighted by Gasteiger charge is -2.60. The zero-order valence-corrected chi connectivity index (χ0v) is 17.3. The van der Waals surface area contributed by atoms with E-state index >= 15 is 0 Å². The Morgan fingerprint density at radius 3 is 2.52 bits per heavy atom. The first-order valence-corrected chi connectivity index (χ1v) is 10.6. The third-order valence-corrected chi connectivity index (χ3v) is 6.70. The molecule has 0 aliphatic carbocycles. The molecule has 31 heavy (non-hydrogen) atoms. The second-order valence-corrected chi connectivity index (χ2v) is 9.01. The van der Waals surface area contributed by atoms with E-state index < -0.39 is 0 Å². The van der Waals surface area contributed by atoms with Gasteiger partial charge in [-0.15, -0.1) is 0 Å². The molecule has 6 rings (SSSR count). The number of aromatic nitrogens is 4. The summed E-state index contributed by atoms with van der Waals surface area (Å²) in [6.07, 6.45) is 3.45. The lowest BCUT2D eigenvalue weighted by atomic mass is 9.72. The maximum Gasteiger partial charge on any atom is 0.289 e. The first-order valence-electron chi connectivity index (χ1n) is 10.6. The van der Waals surface area contributed by atoms with E-state index in [0.717, 1.165) is 48.7 Å². The molecule has 3 saturated heterocycles. The summed E-state index contributed by atoms with van der Waals surface area (Å²) in [5, 5.41) is 0. The molecule has 0 saturated carbocycles. The fourth-order valence-corrected chi connectivity index (χ4v) is 4.99. The van der Waals surface area contributed by atoms with Crippen LogP contribution in [0.2, 0.25) is 0 Å². The number of imidazole rings is 1. The number of nitrogens with one attached hydrogen (secondary N) is 1. The Hall–Kier alpha value is -3.49. The van der Waals surface area contributed by atoms with E-state index in [1.807, 2.05) is 29.2 Å². The summed E-state index contributed by atoms with van der Waals surface area (Å²) in [5.74, 6) is 1.52. The van der Waals surface area contributed by atoms with Crippen LogP contribution in [0.15, 0.2) is 36.7 Å². The molecule has 0 bridgehead atoms. The number of rotatable bonds is 3. The maximum atomic E-state index is 12.8. The van der Waals surface area contributed by atoms with E-state index in [0.29, 0.717) is 18.9 Å². The van der Waals surface area contributed by atoms with Crippen molar-refractivity contribution in [3.8, 4) is 0 Å². The van der Waals surface area contributed by atoms with Crippen LogP contribution in [0.3, 0.4) is 0 Å². The summed E-state index contributed by atoms with van der Waals surface area (Å²) >= 11 is 0.